The van der Waals surface area contributed by atoms with Crippen LogP contribution in [-0.2, 0) is 14.3 Å². The molecule has 4 heteroatoms. The van der Waals surface area contributed by atoms with Gasteiger partial charge in [-0.25, -0.2) is 4.79 Å². The van der Waals surface area contributed by atoms with Crippen molar-refractivity contribution in [3.05, 3.63) is 35.9 Å². The van der Waals surface area contributed by atoms with Gasteiger partial charge in [-0.05, 0) is 5.56 Å². The van der Waals surface area contributed by atoms with Crippen LogP contribution in [0.3, 0.4) is 0 Å². The van der Waals surface area contributed by atoms with Gasteiger partial charge in [0.1, 0.15) is 6.61 Å². The lowest BCUT2D eigenvalue weighted by Gasteiger charge is -2.10. The number of benzene rings is 1. The number of methoxy groups -OCH3 is 1. The summed E-state index contributed by atoms with van der Waals surface area (Å²) in [6, 6.07) is 8.65. The van der Waals surface area contributed by atoms with Crippen molar-refractivity contribution in [2.24, 2.45) is 0 Å². The van der Waals surface area contributed by atoms with Gasteiger partial charge in [0, 0.05) is 7.11 Å². The molecule has 0 fully saturated rings. The summed E-state index contributed by atoms with van der Waals surface area (Å²) >= 11 is 0. The van der Waals surface area contributed by atoms with E-state index in [4.69, 9.17) is 9.47 Å². The zero-order valence-corrected chi connectivity index (χ0v) is 8.55. The highest BCUT2D eigenvalue weighted by Crippen LogP contribution is 2.13. The van der Waals surface area contributed by atoms with Crippen molar-refractivity contribution in [2.45, 2.75) is 6.10 Å². The lowest BCUT2D eigenvalue weighted by atomic mass is 10.1. The van der Waals surface area contributed by atoms with E-state index in [1.54, 1.807) is 24.3 Å². The van der Waals surface area contributed by atoms with E-state index in [1.165, 1.54) is 7.11 Å². The molecule has 4 nitrogen and oxygen atoms in total. The predicted octanol–water partition coefficient (Wildman–Crippen LogP) is 0.910. The molecular weight excluding hydrogens is 196 g/mol. The van der Waals surface area contributed by atoms with E-state index in [2.05, 4.69) is 0 Å². The minimum atomic E-state index is -1.22. The number of ether oxygens (including phenoxy) is 2. The van der Waals surface area contributed by atoms with Crippen LogP contribution in [0.1, 0.15) is 11.7 Å². The summed E-state index contributed by atoms with van der Waals surface area (Å²) in [5, 5.41) is 9.57. The van der Waals surface area contributed by atoms with Crippen LogP contribution in [-0.4, -0.2) is 31.4 Å². The molecule has 1 aromatic rings. The molecule has 0 spiro atoms. The SMILES string of the molecule is COCCOC(=O)[C@@H](O)c1ccccc1. The summed E-state index contributed by atoms with van der Waals surface area (Å²) in [5.41, 5.74) is 0.528. The van der Waals surface area contributed by atoms with Crippen LogP contribution < -0.4 is 0 Å². The van der Waals surface area contributed by atoms with Gasteiger partial charge >= 0.3 is 5.97 Å². The number of aliphatic hydroxyl groups is 1. The second-order valence-electron chi connectivity index (χ2n) is 2.97. The highest BCUT2D eigenvalue weighted by molar-refractivity contribution is 5.76. The Labute approximate surface area is 88.4 Å². The van der Waals surface area contributed by atoms with E-state index in [9.17, 15) is 9.90 Å². The van der Waals surface area contributed by atoms with Crippen LogP contribution >= 0.6 is 0 Å². The average molecular weight is 210 g/mol. The molecule has 1 atom stereocenters. The number of hydrogen-bond acceptors (Lipinski definition) is 4. The third-order valence-corrected chi connectivity index (χ3v) is 1.87. The smallest absolute Gasteiger partial charge is 0.339 e. The Bertz CT molecular complexity index is 297. The lowest BCUT2D eigenvalue weighted by Crippen LogP contribution is -2.17. The summed E-state index contributed by atoms with van der Waals surface area (Å²) in [7, 11) is 1.52. The number of aliphatic hydroxyl groups excluding tert-OH is 1. The fourth-order valence-corrected chi connectivity index (χ4v) is 1.08. The number of esters is 1. The quantitative estimate of drug-likeness (QED) is 0.579. The van der Waals surface area contributed by atoms with Crippen LogP contribution in [0.5, 0.6) is 0 Å². The number of rotatable bonds is 5. The lowest BCUT2D eigenvalue weighted by molar-refractivity contribution is -0.155. The first-order valence-electron chi connectivity index (χ1n) is 4.64. The Morgan fingerprint density at radius 1 is 1.33 bits per heavy atom. The molecule has 0 amide bonds. The molecule has 1 N–H and O–H groups in total. The maximum atomic E-state index is 11.3. The van der Waals surface area contributed by atoms with Gasteiger partial charge in [0.25, 0.3) is 0 Å². The van der Waals surface area contributed by atoms with Gasteiger partial charge < -0.3 is 14.6 Å². The molecule has 0 radical (unpaired) electrons. The first-order valence-corrected chi connectivity index (χ1v) is 4.64. The fraction of sp³-hybridized carbons (Fsp3) is 0.364. The van der Waals surface area contributed by atoms with E-state index in [0.29, 0.717) is 12.2 Å². The standard InChI is InChI=1S/C11H14O4/c1-14-7-8-15-11(13)10(12)9-5-3-2-4-6-9/h2-6,10,12H,7-8H2,1H3/t10-/m0/s1. The van der Waals surface area contributed by atoms with Crippen LogP contribution in [0.2, 0.25) is 0 Å². The largest absolute Gasteiger partial charge is 0.461 e. The highest BCUT2D eigenvalue weighted by Gasteiger charge is 2.17. The Morgan fingerprint density at radius 2 is 2.00 bits per heavy atom. The van der Waals surface area contributed by atoms with E-state index >= 15 is 0 Å². The first-order chi connectivity index (χ1) is 7.25. The Morgan fingerprint density at radius 3 is 2.60 bits per heavy atom. The Balaban J connectivity index is 2.46. The van der Waals surface area contributed by atoms with Crippen LogP contribution in [0.15, 0.2) is 30.3 Å². The summed E-state index contributed by atoms with van der Waals surface area (Å²) in [6.07, 6.45) is -1.22. The molecule has 0 aliphatic carbocycles. The second kappa shape index (κ2) is 6.16. The third-order valence-electron chi connectivity index (χ3n) is 1.87. The molecule has 0 aromatic heterocycles. The summed E-state index contributed by atoms with van der Waals surface area (Å²) < 4.78 is 9.50. The highest BCUT2D eigenvalue weighted by atomic mass is 16.6. The fourth-order valence-electron chi connectivity index (χ4n) is 1.08. The molecular formula is C11H14O4. The maximum absolute atomic E-state index is 11.3. The van der Waals surface area contributed by atoms with Crippen LogP contribution in [0.4, 0.5) is 0 Å². The third kappa shape index (κ3) is 3.69. The number of carbonyl (C=O) groups excluding carboxylic acids is 1. The minimum absolute atomic E-state index is 0.152. The molecule has 0 saturated heterocycles. The monoisotopic (exact) mass is 210 g/mol. The first kappa shape index (κ1) is 11.7. The predicted molar refractivity (Wildman–Crippen MR) is 54.2 cm³/mol. The van der Waals surface area contributed by atoms with Crippen molar-refractivity contribution in [2.75, 3.05) is 20.3 Å². The normalized spacial score (nSPS) is 12.1. The van der Waals surface area contributed by atoms with Crippen LogP contribution in [0, 0.1) is 0 Å². The van der Waals surface area contributed by atoms with Gasteiger partial charge in [0.05, 0.1) is 6.61 Å². The maximum Gasteiger partial charge on any atom is 0.339 e. The van der Waals surface area contributed by atoms with Crippen molar-refractivity contribution in [3.63, 3.8) is 0 Å². The molecule has 0 unspecified atom stereocenters. The zero-order valence-electron chi connectivity index (χ0n) is 8.55. The summed E-state index contributed by atoms with van der Waals surface area (Å²) in [6.45, 7) is 0.479. The molecule has 1 aromatic carbocycles. The van der Waals surface area contributed by atoms with Gasteiger partial charge in [-0.1, -0.05) is 30.3 Å². The van der Waals surface area contributed by atoms with Crippen molar-refractivity contribution in [1.29, 1.82) is 0 Å². The van der Waals surface area contributed by atoms with Gasteiger partial charge in [0.15, 0.2) is 6.10 Å². The Kier molecular flexibility index (Phi) is 4.80. The van der Waals surface area contributed by atoms with Crippen molar-refractivity contribution >= 4 is 5.97 Å². The van der Waals surface area contributed by atoms with Crippen molar-refractivity contribution in [3.8, 4) is 0 Å². The molecule has 82 valence electrons. The second-order valence-corrected chi connectivity index (χ2v) is 2.97. The number of hydrogen-bond donors (Lipinski definition) is 1. The van der Waals surface area contributed by atoms with E-state index in [-0.39, 0.29) is 6.61 Å². The molecule has 0 aliphatic heterocycles. The van der Waals surface area contributed by atoms with E-state index < -0.39 is 12.1 Å². The van der Waals surface area contributed by atoms with Crippen LogP contribution in [0.25, 0.3) is 0 Å². The van der Waals surface area contributed by atoms with E-state index in [1.807, 2.05) is 6.07 Å². The molecule has 15 heavy (non-hydrogen) atoms. The van der Waals surface area contributed by atoms with E-state index in [0.717, 1.165) is 0 Å². The molecule has 0 bridgehead atoms. The van der Waals surface area contributed by atoms with Crippen molar-refractivity contribution < 1.29 is 19.4 Å². The van der Waals surface area contributed by atoms with Gasteiger partial charge in [-0.3, -0.25) is 0 Å². The molecule has 0 aliphatic rings. The molecule has 0 saturated carbocycles. The van der Waals surface area contributed by atoms with Gasteiger partial charge in [0.2, 0.25) is 0 Å². The topological polar surface area (TPSA) is 55.8 Å². The summed E-state index contributed by atoms with van der Waals surface area (Å²) in [4.78, 5) is 11.3. The Hall–Kier alpha value is -1.39. The van der Waals surface area contributed by atoms with Gasteiger partial charge in [-0.2, -0.15) is 0 Å². The average Bonchev–Trinajstić information content (AvgIpc) is 2.29. The minimum Gasteiger partial charge on any atom is -0.461 e. The molecule has 1 rings (SSSR count). The van der Waals surface area contributed by atoms with Crippen molar-refractivity contribution in [1.82, 2.24) is 0 Å². The number of carbonyl (C=O) groups is 1. The molecule has 0 heterocycles. The van der Waals surface area contributed by atoms with Gasteiger partial charge in [-0.15, -0.1) is 0 Å². The zero-order chi connectivity index (χ0) is 11.1. The summed E-state index contributed by atoms with van der Waals surface area (Å²) in [5.74, 6) is -0.654.